The van der Waals surface area contributed by atoms with Crippen LogP contribution in [0.3, 0.4) is 0 Å². The molecule has 0 spiro atoms. The Morgan fingerprint density at radius 2 is 1.35 bits per heavy atom. The maximum Gasteiger partial charge on any atom is 0.343 e. The second kappa shape index (κ2) is 15.9. The van der Waals surface area contributed by atoms with Gasteiger partial charge < -0.3 is 34.8 Å². The number of amides is 2. The molecule has 0 aliphatic carbocycles. The van der Waals surface area contributed by atoms with E-state index < -0.39 is 47.6 Å². The quantitative estimate of drug-likeness (QED) is 0.228. The Kier molecular flexibility index (Phi) is 11.2. The lowest BCUT2D eigenvalue weighted by molar-refractivity contribution is -0.215. The molecule has 0 bridgehead atoms. The first-order valence-corrected chi connectivity index (χ1v) is 15.1. The number of hydrogen-bond donors (Lipinski definition) is 3. The molecule has 1 aromatic heterocycles. The molecule has 1 fully saturated rings. The number of benzene rings is 2. The van der Waals surface area contributed by atoms with Crippen molar-refractivity contribution in [2.24, 2.45) is 0 Å². The summed E-state index contributed by atoms with van der Waals surface area (Å²) in [7, 11) is 2.28. The van der Waals surface area contributed by atoms with Gasteiger partial charge in [-0.3, -0.25) is 19.2 Å². The van der Waals surface area contributed by atoms with Crippen LogP contribution in [0.15, 0.2) is 101 Å². The van der Waals surface area contributed by atoms with E-state index in [4.69, 9.17) is 23.9 Å². The van der Waals surface area contributed by atoms with E-state index in [0.29, 0.717) is 5.56 Å². The molecular formula is C34H34N4O11. The first kappa shape index (κ1) is 34.6. The maximum atomic E-state index is 13.6. The highest BCUT2D eigenvalue weighted by molar-refractivity contribution is 5.97. The van der Waals surface area contributed by atoms with Crippen molar-refractivity contribution in [3.8, 4) is 0 Å². The van der Waals surface area contributed by atoms with Gasteiger partial charge in [0, 0.05) is 0 Å². The second-order valence-electron chi connectivity index (χ2n) is 10.8. The van der Waals surface area contributed by atoms with Gasteiger partial charge in [-0.15, -0.1) is 4.73 Å². The number of nitrogens with one attached hydrogen (secondary N) is 2. The summed E-state index contributed by atoms with van der Waals surface area (Å²) in [6.45, 7) is -0.106. The van der Waals surface area contributed by atoms with Crippen LogP contribution in [0.2, 0.25) is 0 Å². The molecule has 2 aromatic carbocycles. The van der Waals surface area contributed by atoms with Crippen molar-refractivity contribution in [2.75, 3.05) is 27.4 Å². The lowest BCUT2D eigenvalue weighted by atomic mass is 10.1. The van der Waals surface area contributed by atoms with Crippen LogP contribution in [0.25, 0.3) is 0 Å². The summed E-state index contributed by atoms with van der Waals surface area (Å²) in [6.07, 6.45) is 0.886. The Balaban J connectivity index is 1.33. The third kappa shape index (κ3) is 8.03. The van der Waals surface area contributed by atoms with Crippen molar-refractivity contribution in [2.45, 2.75) is 31.5 Å². The zero-order valence-electron chi connectivity index (χ0n) is 26.6. The molecule has 2 aliphatic rings. The van der Waals surface area contributed by atoms with Gasteiger partial charge in [-0.05, 0) is 35.4 Å². The molecule has 15 heteroatoms. The van der Waals surface area contributed by atoms with E-state index in [9.17, 15) is 29.1 Å². The van der Waals surface area contributed by atoms with E-state index in [2.05, 4.69) is 10.6 Å². The average Bonchev–Trinajstić information content (AvgIpc) is 3.56. The highest BCUT2D eigenvalue weighted by Crippen LogP contribution is 2.24. The minimum Gasteiger partial charge on any atom is -0.466 e. The number of aliphatic hydroxyl groups excluding tert-OH is 1. The number of rotatable bonds is 12. The molecule has 0 saturated carbocycles. The van der Waals surface area contributed by atoms with E-state index in [1.165, 1.54) is 18.2 Å². The van der Waals surface area contributed by atoms with E-state index in [0.717, 1.165) is 35.6 Å². The van der Waals surface area contributed by atoms with Crippen molar-refractivity contribution in [1.82, 2.24) is 20.4 Å². The Bertz CT molecular complexity index is 1810. The van der Waals surface area contributed by atoms with Gasteiger partial charge in [-0.2, -0.15) is 0 Å². The molecule has 5 rings (SSSR count). The number of allylic oxidation sites excluding steroid dienone is 2. The standard InChI is InChI=1S/C34H34N4O11/c1-45-33(43)23-13-15-27(37(31(23)41)48-17-21-9-5-3-6-10-21)29(39)35-25-19-47-20-26(25)36-30(40)28-16-14-24(34(44)46-2)32(42)38(28)49-18-22-11-7-4-8-12-22/h3-16,25-26,31,41H,17-20H2,1-2H3,(H,35,39)(H,36,40)/t25-,26+,31?/m1/s1. The fourth-order valence-corrected chi connectivity index (χ4v) is 5.03. The van der Waals surface area contributed by atoms with Gasteiger partial charge in [-0.25, -0.2) is 14.7 Å². The van der Waals surface area contributed by atoms with Crippen LogP contribution in [0.1, 0.15) is 32.0 Å². The van der Waals surface area contributed by atoms with Crippen molar-refractivity contribution >= 4 is 23.8 Å². The molecule has 3 heterocycles. The van der Waals surface area contributed by atoms with Gasteiger partial charge in [0.15, 0.2) is 6.23 Å². The van der Waals surface area contributed by atoms with E-state index in [-0.39, 0.29) is 49.0 Å². The van der Waals surface area contributed by atoms with E-state index in [1.54, 1.807) is 48.5 Å². The number of aromatic nitrogens is 1. The average molecular weight is 675 g/mol. The summed E-state index contributed by atoms with van der Waals surface area (Å²) in [5.41, 5.74) is -0.303. The molecule has 1 unspecified atom stereocenters. The minimum atomic E-state index is -1.67. The van der Waals surface area contributed by atoms with Crippen molar-refractivity contribution < 1.29 is 48.2 Å². The molecular weight excluding hydrogens is 640 g/mol. The largest absolute Gasteiger partial charge is 0.466 e. The fraction of sp³-hybridized carbons (Fsp3) is 0.265. The summed E-state index contributed by atoms with van der Waals surface area (Å²) in [5, 5.41) is 17.4. The number of aliphatic hydroxyl groups is 1. The van der Waals surface area contributed by atoms with Gasteiger partial charge in [0.2, 0.25) is 0 Å². The lowest BCUT2D eigenvalue weighted by Crippen LogP contribution is -2.54. The van der Waals surface area contributed by atoms with Gasteiger partial charge in [-0.1, -0.05) is 60.7 Å². The summed E-state index contributed by atoms with van der Waals surface area (Å²) >= 11 is 0. The van der Waals surface area contributed by atoms with Crippen LogP contribution in [0.4, 0.5) is 0 Å². The molecule has 2 aliphatic heterocycles. The summed E-state index contributed by atoms with van der Waals surface area (Å²) in [6, 6.07) is 18.8. The second-order valence-corrected chi connectivity index (χ2v) is 10.8. The SMILES string of the molecule is COC(=O)C1=CC=C(C(=O)N[C@@H]2COC[C@@H]2NC(=O)c2ccc(C(=O)OC)c(=O)n2OCc2ccccc2)N(OCc2ccccc2)C1O. The van der Waals surface area contributed by atoms with E-state index in [1.807, 2.05) is 12.1 Å². The molecule has 3 atom stereocenters. The number of carbonyl (C=O) groups is 4. The van der Waals surface area contributed by atoms with Crippen molar-refractivity contribution in [3.05, 3.63) is 129 Å². The highest BCUT2D eigenvalue weighted by atomic mass is 16.7. The van der Waals surface area contributed by atoms with Crippen LogP contribution in [0.5, 0.6) is 0 Å². The zero-order chi connectivity index (χ0) is 34.9. The minimum absolute atomic E-state index is 0.00826. The summed E-state index contributed by atoms with van der Waals surface area (Å²) < 4.78 is 15.7. The van der Waals surface area contributed by atoms with Crippen molar-refractivity contribution in [1.29, 1.82) is 0 Å². The van der Waals surface area contributed by atoms with Gasteiger partial charge in [0.05, 0.1) is 45.1 Å². The topological polar surface area (TPSA) is 184 Å². The number of esters is 2. The van der Waals surface area contributed by atoms with Crippen LogP contribution in [-0.2, 0) is 41.9 Å². The summed E-state index contributed by atoms with van der Waals surface area (Å²) in [5.74, 6) is -3.16. The number of carbonyl (C=O) groups excluding carboxylic acids is 4. The molecule has 3 N–H and O–H groups in total. The Morgan fingerprint density at radius 3 is 1.94 bits per heavy atom. The first-order valence-electron chi connectivity index (χ1n) is 15.1. The molecule has 256 valence electrons. The van der Waals surface area contributed by atoms with Gasteiger partial charge in [0.25, 0.3) is 17.4 Å². The number of hydrogen-bond acceptors (Lipinski definition) is 12. The third-order valence-electron chi connectivity index (χ3n) is 7.62. The van der Waals surface area contributed by atoms with Crippen LogP contribution in [-0.4, -0.2) is 84.4 Å². The maximum absolute atomic E-state index is 13.6. The fourth-order valence-electron chi connectivity index (χ4n) is 5.03. The predicted molar refractivity (Wildman–Crippen MR) is 170 cm³/mol. The molecule has 2 amide bonds. The Hall–Kier alpha value is -5.77. The molecule has 15 nitrogen and oxygen atoms in total. The Morgan fingerprint density at radius 1 is 0.776 bits per heavy atom. The van der Waals surface area contributed by atoms with Gasteiger partial charge >= 0.3 is 11.9 Å². The molecule has 3 aromatic rings. The number of nitrogens with zero attached hydrogens (tertiary/aromatic N) is 2. The predicted octanol–water partition coefficient (Wildman–Crippen LogP) is 0.626. The summed E-state index contributed by atoms with van der Waals surface area (Å²) in [4.78, 5) is 76.3. The Labute approximate surface area is 280 Å². The monoisotopic (exact) mass is 674 g/mol. The molecule has 0 radical (unpaired) electrons. The normalized spacial score (nSPS) is 18.5. The van der Waals surface area contributed by atoms with Crippen LogP contribution < -0.4 is 21.0 Å². The third-order valence-corrected chi connectivity index (χ3v) is 7.62. The molecule has 1 saturated heterocycles. The highest BCUT2D eigenvalue weighted by Gasteiger charge is 2.37. The number of ether oxygens (including phenoxy) is 3. The number of hydroxylamine groups is 2. The smallest absolute Gasteiger partial charge is 0.343 e. The van der Waals surface area contributed by atoms with Crippen LogP contribution in [0, 0.1) is 0 Å². The number of pyridine rings is 1. The van der Waals surface area contributed by atoms with Crippen molar-refractivity contribution in [3.63, 3.8) is 0 Å². The van der Waals surface area contributed by atoms with Gasteiger partial charge in [0.1, 0.15) is 30.2 Å². The lowest BCUT2D eigenvalue weighted by Gasteiger charge is -2.33. The molecule has 49 heavy (non-hydrogen) atoms. The van der Waals surface area contributed by atoms with E-state index >= 15 is 0 Å². The first-order chi connectivity index (χ1) is 23.7. The number of methoxy groups -OCH3 is 2. The zero-order valence-corrected chi connectivity index (χ0v) is 26.6. The van der Waals surface area contributed by atoms with Crippen LogP contribution >= 0.6 is 0 Å².